The smallest absolute Gasteiger partial charge is 0.226 e. The summed E-state index contributed by atoms with van der Waals surface area (Å²) in [6.07, 6.45) is 3.23. The second kappa shape index (κ2) is 2.30. The highest BCUT2D eigenvalue weighted by Gasteiger charge is 1.81. The van der Waals surface area contributed by atoms with Crippen molar-refractivity contribution in [3.05, 3.63) is 18.5 Å². The molecule has 4 heteroatoms. The molecule has 0 aliphatic heterocycles. The second-order valence-corrected chi connectivity index (χ2v) is 1.22. The number of hydrogen-bond acceptors (Lipinski definition) is 3. The van der Waals surface area contributed by atoms with Crippen molar-refractivity contribution in [3.63, 3.8) is 0 Å². The third-order valence-corrected chi connectivity index (χ3v) is 0.695. The third kappa shape index (κ3) is 0.962. The van der Waals surface area contributed by atoms with Gasteiger partial charge in [-0.1, -0.05) is 0 Å². The number of rotatable bonds is 1. The normalized spacial score (nSPS) is 8.50. The van der Waals surface area contributed by atoms with Gasteiger partial charge in [0.2, 0.25) is 13.9 Å². The Morgan fingerprint density at radius 1 is 1.38 bits per heavy atom. The second-order valence-electron chi connectivity index (χ2n) is 1.22. The highest BCUT2D eigenvalue weighted by molar-refractivity contribution is 6.15. The highest BCUT2D eigenvalue weighted by atomic mass is 15.0. The van der Waals surface area contributed by atoms with Crippen molar-refractivity contribution in [1.29, 1.82) is 0 Å². The Labute approximate surface area is 48.6 Å². The molecule has 0 aliphatic rings. The number of hydrogen-bond donors (Lipinski definition) is 1. The molecular weight excluding hydrogens is 101 g/mol. The lowest BCUT2D eigenvalue weighted by molar-refractivity contribution is 1.18. The van der Waals surface area contributed by atoms with Gasteiger partial charge in [0.05, 0.1) is 0 Å². The first-order valence-electron chi connectivity index (χ1n) is 2.17. The van der Waals surface area contributed by atoms with Gasteiger partial charge in [-0.3, -0.25) is 0 Å². The monoisotopic (exact) mass is 105 g/mol. The zero-order valence-electron chi connectivity index (χ0n) is 4.20. The van der Waals surface area contributed by atoms with E-state index in [4.69, 9.17) is 7.98 Å². The van der Waals surface area contributed by atoms with Crippen LogP contribution >= 0.6 is 0 Å². The maximum Gasteiger partial charge on any atom is 0.226 e. The van der Waals surface area contributed by atoms with Crippen LogP contribution < -0.4 is 5.23 Å². The molecule has 3 nitrogen and oxygen atoms in total. The Morgan fingerprint density at radius 3 is 2.38 bits per heavy atom. The van der Waals surface area contributed by atoms with Gasteiger partial charge in [0.1, 0.15) is 0 Å². The van der Waals surface area contributed by atoms with Crippen LogP contribution in [0.1, 0.15) is 0 Å². The minimum absolute atomic E-state index is 0.438. The maximum atomic E-state index is 4.97. The van der Waals surface area contributed by atoms with Crippen molar-refractivity contribution in [2.24, 2.45) is 0 Å². The van der Waals surface area contributed by atoms with E-state index in [0.29, 0.717) is 5.95 Å². The van der Waals surface area contributed by atoms with Gasteiger partial charge in [0.25, 0.3) is 0 Å². The predicted molar refractivity (Wildman–Crippen MR) is 31.4 cm³/mol. The highest BCUT2D eigenvalue weighted by Crippen LogP contribution is 1.88. The minimum atomic E-state index is 0.438. The zero-order chi connectivity index (χ0) is 5.82. The van der Waals surface area contributed by atoms with Crippen LogP contribution in [-0.2, 0) is 0 Å². The molecule has 0 unspecified atom stereocenters. The van der Waals surface area contributed by atoms with E-state index in [1.165, 1.54) is 0 Å². The summed E-state index contributed by atoms with van der Waals surface area (Å²) in [4.78, 5) is 7.50. The van der Waals surface area contributed by atoms with Crippen LogP contribution in [0, 0.1) is 0 Å². The topological polar surface area (TPSA) is 37.8 Å². The van der Waals surface area contributed by atoms with Gasteiger partial charge >= 0.3 is 0 Å². The Morgan fingerprint density at radius 2 is 2.00 bits per heavy atom. The summed E-state index contributed by atoms with van der Waals surface area (Å²) < 4.78 is 0. The average molecular weight is 105 g/mol. The molecule has 1 rings (SSSR count). The van der Waals surface area contributed by atoms with Gasteiger partial charge in [0.15, 0.2) is 0 Å². The van der Waals surface area contributed by atoms with E-state index in [2.05, 4.69) is 15.2 Å². The van der Waals surface area contributed by atoms with Gasteiger partial charge in [-0.2, -0.15) is 0 Å². The van der Waals surface area contributed by atoms with Crippen molar-refractivity contribution in [1.82, 2.24) is 9.97 Å². The van der Waals surface area contributed by atoms with Gasteiger partial charge in [-0.15, -0.1) is 0 Å². The summed E-state index contributed by atoms with van der Waals surface area (Å²) in [5, 5.41) is 2.30. The molecule has 0 saturated heterocycles. The number of nitrogens with one attached hydrogen (secondary N) is 1. The summed E-state index contributed by atoms with van der Waals surface area (Å²) in [6, 6.07) is 1.72. The van der Waals surface area contributed by atoms with E-state index < -0.39 is 0 Å². The first-order valence-corrected chi connectivity index (χ1v) is 2.17. The first kappa shape index (κ1) is 5.09. The predicted octanol–water partition coefficient (Wildman–Crippen LogP) is -0.0280. The van der Waals surface area contributed by atoms with Crippen molar-refractivity contribution < 1.29 is 0 Å². The summed E-state index contributed by atoms with van der Waals surface area (Å²) in [5.74, 6) is 0.438. The summed E-state index contributed by atoms with van der Waals surface area (Å²) in [7, 11) is 4.97. The van der Waals surface area contributed by atoms with E-state index in [1.54, 1.807) is 18.5 Å². The Kier molecular flexibility index (Phi) is 1.46. The van der Waals surface area contributed by atoms with Crippen LogP contribution in [0.2, 0.25) is 0 Å². The fraction of sp³-hybridized carbons (Fsp3) is 0. The largest absolute Gasteiger partial charge is 0.407 e. The molecule has 0 amide bonds. The average Bonchev–Trinajstić information content (AvgIpc) is 1.90. The molecule has 0 aromatic carbocycles. The molecule has 0 fully saturated rings. The lowest BCUT2D eigenvalue weighted by Gasteiger charge is -1.91. The summed E-state index contributed by atoms with van der Waals surface area (Å²) in [6.45, 7) is 0. The Bertz CT molecular complexity index is 153. The van der Waals surface area contributed by atoms with E-state index in [0.717, 1.165) is 0 Å². The SMILES string of the molecule is [B]Nc1ncccn1. The number of aromatic nitrogens is 2. The van der Waals surface area contributed by atoms with Gasteiger partial charge in [-0.25, -0.2) is 9.97 Å². The van der Waals surface area contributed by atoms with Crippen LogP contribution in [0.5, 0.6) is 0 Å². The molecule has 1 N–H and O–H groups in total. The van der Waals surface area contributed by atoms with Crippen molar-refractivity contribution in [2.75, 3.05) is 5.23 Å². The van der Waals surface area contributed by atoms with Gasteiger partial charge in [0, 0.05) is 12.4 Å². The molecule has 0 atom stereocenters. The first-order chi connectivity index (χ1) is 3.93. The molecule has 0 bridgehead atoms. The van der Waals surface area contributed by atoms with Crippen LogP contribution in [0.3, 0.4) is 0 Å². The minimum Gasteiger partial charge on any atom is -0.407 e. The Hall–Kier alpha value is -1.06. The molecule has 0 aliphatic carbocycles. The van der Waals surface area contributed by atoms with Crippen LogP contribution in [0.4, 0.5) is 5.95 Å². The van der Waals surface area contributed by atoms with Crippen LogP contribution in [0.15, 0.2) is 18.5 Å². The molecule has 1 heterocycles. The summed E-state index contributed by atoms with van der Waals surface area (Å²) >= 11 is 0. The fourth-order valence-corrected chi connectivity index (χ4v) is 0.374. The zero-order valence-corrected chi connectivity index (χ0v) is 4.20. The molecule has 1 aromatic heterocycles. The van der Waals surface area contributed by atoms with E-state index in [-0.39, 0.29) is 0 Å². The molecule has 2 radical (unpaired) electrons. The molecule has 1 aromatic rings. The maximum absolute atomic E-state index is 4.97. The van der Waals surface area contributed by atoms with E-state index in [1.807, 2.05) is 0 Å². The van der Waals surface area contributed by atoms with Crippen molar-refractivity contribution in [2.45, 2.75) is 0 Å². The molecule has 8 heavy (non-hydrogen) atoms. The summed E-state index contributed by atoms with van der Waals surface area (Å²) in [5.41, 5.74) is 0. The van der Waals surface area contributed by atoms with Gasteiger partial charge < -0.3 is 5.23 Å². The van der Waals surface area contributed by atoms with E-state index in [9.17, 15) is 0 Å². The quantitative estimate of drug-likeness (QED) is 0.509. The lowest BCUT2D eigenvalue weighted by atomic mass is 10.4. The lowest BCUT2D eigenvalue weighted by Crippen LogP contribution is -1.95. The molecular formula is C4H4BN3. The molecule has 0 spiro atoms. The van der Waals surface area contributed by atoms with Crippen LogP contribution in [0.25, 0.3) is 0 Å². The number of nitrogens with zero attached hydrogens (tertiary/aromatic N) is 2. The fourth-order valence-electron chi connectivity index (χ4n) is 0.374. The Balaban J connectivity index is 2.83. The van der Waals surface area contributed by atoms with Crippen molar-refractivity contribution >= 4 is 13.9 Å². The molecule has 38 valence electrons. The molecule has 0 saturated carbocycles. The van der Waals surface area contributed by atoms with E-state index >= 15 is 0 Å². The standard InChI is InChI=1S/C4H4BN3/c5-8-4-6-2-1-3-7-4/h1-3H,(H,6,7,8). The van der Waals surface area contributed by atoms with Gasteiger partial charge in [-0.05, 0) is 6.07 Å². The number of anilines is 1. The van der Waals surface area contributed by atoms with Crippen LogP contribution in [-0.4, -0.2) is 17.9 Å². The van der Waals surface area contributed by atoms with Crippen molar-refractivity contribution in [3.8, 4) is 0 Å². The third-order valence-electron chi connectivity index (χ3n) is 0.695.